The van der Waals surface area contributed by atoms with Crippen molar-refractivity contribution < 1.29 is 4.39 Å². The van der Waals surface area contributed by atoms with Gasteiger partial charge >= 0.3 is 0 Å². The summed E-state index contributed by atoms with van der Waals surface area (Å²) in [4.78, 5) is 2.66. The van der Waals surface area contributed by atoms with Gasteiger partial charge in [0.25, 0.3) is 0 Å². The Morgan fingerprint density at radius 3 is 2.80 bits per heavy atom. The summed E-state index contributed by atoms with van der Waals surface area (Å²) >= 11 is 3.34. The number of likely N-dealkylation sites (tertiary alicyclic amines) is 1. The number of nitrogens with zero attached hydrogens (tertiary/aromatic N) is 1. The molecule has 2 nitrogen and oxygen atoms in total. The van der Waals surface area contributed by atoms with Crippen molar-refractivity contribution in [1.82, 2.24) is 10.2 Å². The Balaban J connectivity index is 1.91. The van der Waals surface area contributed by atoms with Crippen molar-refractivity contribution in [3.05, 3.63) is 34.1 Å². The highest BCUT2D eigenvalue weighted by atomic mass is 79.9. The number of hydrogen-bond donors (Lipinski definition) is 1. The zero-order valence-electron chi connectivity index (χ0n) is 11.9. The molecule has 2 aliphatic rings. The first-order chi connectivity index (χ1) is 9.70. The number of hydrogen-bond acceptors (Lipinski definition) is 2. The molecular formula is C16H22BrFN2. The van der Waals surface area contributed by atoms with Crippen molar-refractivity contribution in [1.29, 1.82) is 0 Å². The molecule has 1 saturated carbocycles. The zero-order chi connectivity index (χ0) is 14.1. The molecule has 1 heterocycles. The quantitative estimate of drug-likeness (QED) is 0.898. The summed E-state index contributed by atoms with van der Waals surface area (Å²) < 4.78 is 14.1. The van der Waals surface area contributed by atoms with Gasteiger partial charge in [-0.3, -0.25) is 4.90 Å². The van der Waals surface area contributed by atoms with Crippen LogP contribution in [-0.4, -0.2) is 31.1 Å². The van der Waals surface area contributed by atoms with Gasteiger partial charge in [-0.15, -0.1) is 0 Å². The van der Waals surface area contributed by atoms with E-state index in [1.165, 1.54) is 37.8 Å². The predicted molar refractivity (Wildman–Crippen MR) is 83.2 cm³/mol. The summed E-state index contributed by atoms with van der Waals surface area (Å²) in [5.74, 6) is 0.444. The average Bonchev–Trinajstić information content (AvgIpc) is 3.27. The third kappa shape index (κ3) is 2.92. The summed E-state index contributed by atoms with van der Waals surface area (Å²) in [6.45, 7) is 2.22. The van der Waals surface area contributed by atoms with Crippen LogP contribution in [0.3, 0.4) is 0 Å². The maximum Gasteiger partial charge on any atom is 0.137 e. The van der Waals surface area contributed by atoms with Crippen LogP contribution in [0.25, 0.3) is 0 Å². The monoisotopic (exact) mass is 340 g/mol. The fourth-order valence-corrected chi connectivity index (χ4v) is 3.95. The second-order valence-electron chi connectivity index (χ2n) is 6.05. The van der Waals surface area contributed by atoms with Crippen LogP contribution in [0.2, 0.25) is 0 Å². The highest BCUT2D eigenvalue weighted by molar-refractivity contribution is 9.10. The molecule has 0 amide bonds. The van der Waals surface area contributed by atoms with E-state index in [1.807, 2.05) is 19.2 Å². The van der Waals surface area contributed by atoms with E-state index in [2.05, 4.69) is 26.1 Å². The molecule has 2 atom stereocenters. The molecule has 110 valence electrons. The lowest BCUT2D eigenvalue weighted by Crippen LogP contribution is -2.43. The average molecular weight is 341 g/mol. The van der Waals surface area contributed by atoms with Crippen LogP contribution >= 0.6 is 15.9 Å². The van der Waals surface area contributed by atoms with Crippen molar-refractivity contribution in [2.45, 2.75) is 37.8 Å². The highest BCUT2D eigenvalue weighted by Gasteiger charge is 2.40. The summed E-state index contributed by atoms with van der Waals surface area (Å²) in [7, 11) is 2.02. The number of halogens is 2. The maximum absolute atomic E-state index is 13.5. The molecule has 1 saturated heterocycles. The van der Waals surface area contributed by atoms with Gasteiger partial charge in [-0.25, -0.2) is 4.39 Å². The highest BCUT2D eigenvalue weighted by Crippen LogP contribution is 2.43. The van der Waals surface area contributed by atoms with Gasteiger partial charge in [0, 0.05) is 12.1 Å². The molecule has 1 aliphatic heterocycles. The van der Waals surface area contributed by atoms with Crippen molar-refractivity contribution >= 4 is 15.9 Å². The Labute approximate surface area is 128 Å². The van der Waals surface area contributed by atoms with E-state index in [4.69, 9.17) is 0 Å². The minimum atomic E-state index is -0.173. The molecular weight excluding hydrogens is 319 g/mol. The predicted octanol–water partition coefficient (Wildman–Crippen LogP) is 3.72. The molecule has 4 heteroatoms. The van der Waals surface area contributed by atoms with Gasteiger partial charge in [0.15, 0.2) is 0 Å². The molecule has 0 aromatic heterocycles. The van der Waals surface area contributed by atoms with Gasteiger partial charge in [-0.2, -0.15) is 0 Å². The van der Waals surface area contributed by atoms with Crippen LogP contribution < -0.4 is 5.32 Å². The standard InChI is InChI=1S/C16H22BrFN2/c1-19-10-12-3-2-8-20(13-5-6-13)16(12)11-4-7-15(18)14(17)9-11/h4,7,9,12-13,16,19H,2-3,5-6,8,10H2,1H3. The molecule has 0 bridgehead atoms. The molecule has 2 unspecified atom stereocenters. The first-order valence-corrected chi connectivity index (χ1v) is 8.35. The van der Waals surface area contributed by atoms with Gasteiger partial charge in [0.05, 0.1) is 4.47 Å². The smallest absolute Gasteiger partial charge is 0.137 e. The summed E-state index contributed by atoms with van der Waals surface area (Å²) in [6, 6.07) is 6.72. The van der Waals surface area contributed by atoms with Crippen LogP contribution in [0, 0.1) is 11.7 Å². The van der Waals surface area contributed by atoms with E-state index in [-0.39, 0.29) is 5.82 Å². The van der Waals surface area contributed by atoms with Crippen LogP contribution in [-0.2, 0) is 0 Å². The van der Waals surface area contributed by atoms with Gasteiger partial charge in [0.1, 0.15) is 5.82 Å². The molecule has 0 radical (unpaired) electrons. The first-order valence-electron chi connectivity index (χ1n) is 7.56. The van der Waals surface area contributed by atoms with E-state index < -0.39 is 0 Å². The van der Waals surface area contributed by atoms with E-state index in [0.717, 1.165) is 12.6 Å². The molecule has 1 aromatic carbocycles. The van der Waals surface area contributed by atoms with Gasteiger partial charge in [0.2, 0.25) is 0 Å². The van der Waals surface area contributed by atoms with Crippen LogP contribution in [0.4, 0.5) is 4.39 Å². The topological polar surface area (TPSA) is 15.3 Å². The van der Waals surface area contributed by atoms with Crippen molar-refractivity contribution in [2.24, 2.45) is 5.92 Å². The first kappa shape index (κ1) is 14.5. The Morgan fingerprint density at radius 1 is 1.35 bits per heavy atom. The third-order valence-corrected chi connectivity index (χ3v) is 5.17. The van der Waals surface area contributed by atoms with Crippen molar-refractivity contribution in [3.8, 4) is 0 Å². The molecule has 0 spiro atoms. The summed E-state index contributed by atoms with van der Waals surface area (Å²) in [5, 5.41) is 3.33. The van der Waals surface area contributed by atoms with Crippen molar-refractivity contribution in [3.63, 3.8) is 0 Å². The molecule has 1 aromatic rings. The van der Waals surface area contributed by atoms with E-state index in [1.54, 1.807) is 6.07 Å². The summed E-state index contributed by atoms with van der Waals surface area (Å²) in [5.41, 5.74) is 1.25. The van der Waals surface area contributed by atoms with Crippen molar-refractivity contribution in [2.75, 3.05) is 20.1 Å². The number of benzene rings is 1. The normalized spacial score (nSPS) is 27.8. The SMILES string of the molecule is CNCC1CCCN(C2CC2)C1c1ccc(F)c(Br)c1. The van der Waals surface area contributed by atoms with Crippen LogP contribution in [0.5, 0.6) is 0 Å². The van der Waals surface area contributed by atoms with Gasteiger partial charge < -0.3 is 5.32 Å². The molecule has 20 heavy (non-hydrogen) atoms. The Bertz CT molecular complexity index is 474. The van der Waals surface area contributed by atoms with Gasteiger partial charge in [-0.05, 0) is 85.4 Å². The Kier molecular flexibility index (Phi) is 4.43. The minimum absolute atomic E-state index is 0.173. The second-order valence-corrected chi connectivity index (χ2v) is 6.90. The lowest BCUT2D eigenvalue weighted by Gasteiger charge is -2.42. The zero-order valence-corrected chi connectivity index (χ0v) is 13.5. The Hall–Kier alpha value is -0.450. The fraction of sp³-hybridized carbons (Fsp3) is 0.625. The maximum atomic E-state index is 13.5. The molecule has 3 rings (SSSR count). The van der Waals surface area contributed by atoms with Gasteiger partial charge in [-0.1, -0.05) is 6.07 Å². The molecule has 2 fully saturated rings. The number of piperidine rings is 1. The van der Waals surface area contributed by atoms with E-state index in [9.17, 15) is 4.39 Å². The van der Waals surface area contributed by atoms with E-state index >= 15 is 0 Å². The molecule has 1 N–H and O–H groups in total. The lowest BCUT2D eigenvalue weighted by atomic mass is 9.84. The molecule has 1 aliphatic carbocycles. The number of rotatable bonds is 4. The summed E-state index contributed by atoms with van der Waals surface area (Å²) in [6.07, 6.45) is 5.18. The lowest BCUT2D eigenvalue weighted by molar-refractivity contribution is 0.0844. The van der Waals surface area contributed by atoms with E-state index in [0.29, 0.717) is 16.4 Å². The third-order valence-electron chi connectivity index (χ3n) is 4.56. The minimum Gasteiger partial charge on any atom is -0.319 e. The van der Waals surface area contributed by atoms with Crippen LogP contribution in [0.1, 0.15) is 37.3 Å². The fourth-order valence-electron chi connectivity index (χ4n) is 3.56. The second kappa shape index (κ2) is 6.12. The largest absolute Gasteiger partial charge is 0.319 e. The Morgan fingerprint density at radius 2 is 2.15 bits per heavy atom. The number of nitrogens with one attached hydrogen (secondary N) is 1. The van der Waals surface area contributed by atoms with Crippen LogP contribution in [0.15, 0.2) is 22.7 Å².